The summed E-state index contributed by atoms with van der Waals surface area (Å²) in [7, 11) is 2.85. The smallest absolute Gasteiger partial charge is 0.256 e. The van der Waals surface area contributed by atoms with Crippen LogP contribution < -0.4 is 5.32 Å². The maximum Gasteiger partial charge on any atom is 0.256 e. The van der Waals surface area contributed by atoms with Crippen LogP contribution in [0, 0.1) is 0 Å². The molecule has 7 rings (SSSR count). The monoisotopic (exact) mass is 657 g/mol. The van der Waals surface area contributed by atoms with Gasteiger partial charge in [0, 0.05) is 19.8 Å². The lowest BCUT2D eigenvalue weighted by molar-refractivity contribution is -0.337. The van der Waals surface area contributed by atoms with Crippen molar-refractivity contribution in [3.8, 4) is 0 Å². The molecule has 0 saturated carbocycles. The highest BCUT2D eigenvalue weighted by Gasteiger charge is 2.78. The number of rotatable bonds is 10. The van der Waals surface area contributed by atoms with Crippen LogP contribution in [0.2, 0.25) is 0 Å². The molecule has 248 valence electrons. The van der Waals surface area contributed by atoms with Crippen molar-refractivity contribution in [3.05, 3.63) is 156 Å². The highest BCUT2D eigenvalue weighted by atomic mass is 16.7. The predicted molar refractivity (Wildman–Crippen MR) is 182 cm³/mol. The molecule has 0 bridgehead atoms. The number of aliphatic hydroxyl groups excluding tert-OH is 2. The molecule has 3 N–H and O–H groups in total. The first kappa shape index (κ1) is 32.3. The molecule has 11 nitrogen and oxygen atoms in total. The lowest BCUT2D eigenvalue weighted by Crippen LogP contribution is -2.69. The van der Waals surface area contributed by atoms with E-state index < -0.39 is 35.7 Å². The summed E-state index contributed by atoms with van der Waals surface area (Å²) in [5.41, 5.74) is -0.118. The molecule has 1 fully saturated rings. The molecule has 49 heavy (non-hydrogen) atoms. The van der Waals surface area contributed by atoms with Gasteiger partial charge in [-0.3, -0.25) is 9.36 Å². The Bertz CT molecular complexity index is 1940. The van der Waals surface area contributed by atoms with Crippen LogP contribution in [0.1, 0.15) is 27.0 Å². The zero-order chi connectivity index (χ0) is 34.1. The Morgan fingerprint density at radius 2 is 1.33 bits per heavy atom. The third kappa shape index (κ3) is 4.70. The molecule has 1 amide bonds. The Balaban J connectivity index is 1.62. The van der Waals surface area contributed by atoms with E-state index in [4.69, 9.17) is 19.2 Å². The van der Waals surface area contributed by atoms with Gasteiger partial charge in [-0.15, -0.1) is 0 Å². The molecule has 6 aromatic rings. The summed E-state index contributed by atoms with van der Waals surface area (Å²) in [5.74, 6) is -2.23. The van der Waals surface area contributed by atoms with E-state index in [1.807, 2.05) is 97.1 Å². The van der Waals surface area contributed by atoms with Crippen LogP contribution in [0.25, 0.3) is 11.2 Å². The number of carbonyl (C=O) groups excluding carboxylic acids is 1. The van der Waals surface area contributed by atoms with Crippen molar-refractivity contribution < 1.29 is 29.2 Å². The number of nitrogens with one attached hydrogen (secondary N) is 1. The van der Waals surface area contributed by atoms with Crippen molar-refractivity contribution in [1.82, 2.24) is 19.5 Å². The number of carbonyl (C=O) groups is 1. The lowest BCUT2D eigenvalue weighted by Gasteiger charge is -2.55. The topological polar surface area (TPSA) is 141 Å². The quantitative estimate of drug-likeness (QED) is 0.143. The molecule has 0 radical (unpaired) electrons. The molecule has 11 heteroatoms. The Morgan fingerprint density at radius 3 is 1.82 bits per heavy atom. The third-order valence-corrected chi connectivity index (χ3v) is 9.39. The number of aliphatic hydroxyl groups is 2. The fraction of sp³-hybridized carbons (Fsp3) is 0.211. The number of imidazole rings is 1. The molecular formula is C38H35N5O6. The highest BCUT2D eigenvalue weighted by Crippen LogP contribution is 2.62. The minimum Gasteiger partial charge on any atom is -0.394 e. The summed E-state index contributed by atoms with van der Waals surface area (Å²) < 4.78 is 21.4. The minimum absolute atomic E-state index is 0.162. The van der Waals surface area contributed by atoms with Gasteiger partial charge in [0.1, 0.15) is 18.5 Å². The van der Waals surface area contributed by atoms with Crippen LogP contribution >= 0.6 is 0 Å². The number of ether oxygens (including phenoxy) is 3. The standard InChI is InChI=1S/C38H35N5O6/c1-47-37(48-2)32(45)30(23-44)49-38(37,43-25-41-31-33(39-24-40-34(31)43)42-35(46)26-15-7-3-8-16-26)36(27-17-9-4-10-18-27,28-19-11-5-12-20-28)29-21-13-6-14-22-29/h3-22,24-25,30,32,44-45H,23H2,1-2H3,(H,39,40,42,46)/t30-,32-,38-/m1/s1. The second kappa shape index (κ2) is 13.0. The van der Waals surface area contributed by atoms with Gasteiger partial charge in [0.2, 0.25) is 11.5 Å². The van der Waals surface area contributed by atoms with Crippen molar-refractivity contribution in [1.29, 1.82) is 0 Å². The summed E-state index contributed by atoms with van der Waals surface area (Å²) in [4.78, 5) is 27.1. The molecule has 1 aliphatic rings. The first-order valence-electron chi connectivity index (χ1n) is 15.8. The fourth-order valence-electron chi connectivity index (χ4n) is 7.38. The van der Waals surface area contributed by atoms with E-state index in [2.05, 4.69) is 15.3 Å². The average molecular weight is 658 g/mol. The van der Waals surface area contributed by atoms with Crippen LogP contribution in [0.3, 0.4) is 0 Å². The molecule has 0 aliphatic carbocycles. The van der Waals surface area contributed by atoms with Gasteiger partial charge in [-0.05, 0) is 28.8 Å². The number of hydrogen-bond acceptors (Lipinski definition) is 9. The maximum atomic E-state index is 13.3. The summed E-state index contributed by atoms with van der Waals surface area (Å²) in [5, 5.41) is 25.8. The van der Waals surface area contributed by atoms with Gasteiger partial charge in [-0.2, -0.15) is 0 Å². The SMILES string of the molecule is COC1(OC)[C@H](O)[C@@H](CO)O[C@]1(n1cnc2c(NC(=O)c3ccccc3)ncnc21)C(c1ccccc1)(c1ccccc1)c1ccccc1. The average Bonchev–Trinajstić information content (AvgIpc) is 3.71. The molecule has 4 aromatic carbocycles. The van der Waals surface area contributed by atoms with Crippen LogP contribution in [0.5, 0.6) is 0 Å². The zero-order valence-corrected chi connectivity index (χ0v) is 26.9. The molecule has 1 aliphatic heterocycles. The Morgan fingerprint density at radius 1 is 0.816 bits per heavy atom. The van der Waals surface area contributed by atoms with E-state index in [-0.39, 0.29) is 22.9 Å². The van der Waals surface area contributed by atoms with Gasteiger partial charge in [0.15, 0.2) is 17.0 Å². The van der Waals surface area contributed by atoms with E-state index >= 15 is 0 Å². The van der Waals surface area contributed by atoms with Crippen LogP contribution in [0.4, 0.5) is 5.82 Å². The number of aromatic nitrogens is 4. The van der Waals surface area contributed by atoms with Crippen molar-refractivity contribution in [2.24, 2.45) is 0 Å². The molecule has 1 saturated heterocycles. The van der Waals surface area contributed by atoms with E-state index in [1.165, 1.54) is 26.9 Å². The summed E-state index contributed by atoms with van der Waals surface area (Å²) in [6.07, 6.45) is 0.132. The van der Waals surface area contributed by atoms with Crippen LogP contribution in [-0.4, -0.2) is 74.5 Å². The van der Waals surface area contributed by atoms with Gasteiger partial charge in [-0.25, -0.2) is 15.0 Å². The predicted octanol–water partition coefficient (Wildman–Crippen LogP) is 4.51. The number of benzene rings is 4. The van der Waals surface area contributed by atoms with Gasteiger partial charge < -0.3 is 29.7 Å². The Labute approximate surface area is 282 Å². The first-order chi connectivity index (χ1) is 24.0. The second-order valence-corrected chi connectivity index (χ2v) is 11.7. The van der Waals surface area contributed by atoms with Gasteiger partial charge >= 0.3 is 0 Å². The molecular weight excluding hydrogens is 622 g/mol. The number of methoxy groups -OCH3 is 2. The first-order valence-corrected chi connectivity index (χ1v) is 15.8. The van der Waals surface area contributed by atoms with Crippen molar-refractivity contribution in [2.45, 2.75) is 29.1 Å². The van der Waals surface area contributed by atoms with E-state index in [0.717, 1.165) is 16.7 Å². The van der Waals surface area contributed by atoms with E-state index in [0.29, 0.717) is 5.56 Å². The molecule has 2 aromatic heterocycles. The minimum atomic E-state index is -2.01. The summed E-state index contributed by atoms with van der Waals surface area (Å²) in [6.45, 7) is -0.564. The van der Waals surface area contributed by atoms with Crippen molar-refractivity contribution in [2.75, 3.05) is 26.1 Å². The van der Waals surface area contributed by atoms with E-state index in [1.54, 1.807) is 28.8 Å². The molecule has 3 atom stereocenters. The fourth-order valence-corrected chi connectivity index (χ4v) is 7.38. The van der Waals surface area contributed by atoms with Gasteiger partial charge in [-0.1, -0.05) is 109 Å². The summed E-state index contributed by atoms with van der Waals surface area (Å²) >= 11 is 0. The van der Waals surface area contributed by atoms with Gasteiger partial charge in [0.25, 0.3) is 5.91 Å². The molecule has 0 unspecified atom stereocenters. The van der Waals surface area contributed by atoms with Crippen molar-refractivity contribution in [3.63, 3.8) is 0 Å². The number of fused-ring (bicyclic) bond motifs is 1. The Kier molecular flexibility index (Phi) is 8.53. The summed E-state index contributed by atoms with van der Waals surface area (Å²) in [6, 6.07) is 37.9. The van der Waals surface area contributed by atoms with Crippen LogP contribution in [-0.2, 0) is 25.4 Å². The van der Waals surface area contributed by atoms with Crippen LogP contribution in [0.15, 0.2) is 134 Å². The normalized spacial score (nSPS) is 20.3. The number of nitrogens with zero attached hydrogens (tertiary/aromatic N) is 4. The lowest BCUT2D eigenvalue weighted by atomic mass is 9.59. The Hall–Kier alpha value is -5.30. The highest BCUT2D eigenvalue weighted by molar-refractivity contribution is 6.06. The maximum absolute atomic E-state index is 13.3. The second-order valence-electron chi connectivity index (χ2n) is 11.7. The van der Waals surface area contributed by atoms with Crippen molar-refractivity contribution >= 4 is 22.9 Å². The molecule has 3 heterocycles. The zero-order valence-electron chi connectivity index (χ0n) is 26.9. The van der Waals surface area contributed by atoms with Gasteiger partial charge in [0.05, 0.1) is 18.3 Å². The third-order valence-electron chi connectivity index (χ3n) is 9.39. The number of amides is 1. The number of anilines is 1. The molecule has 0 spiro atoms. The van der Waals surface area contributed by atoms with E-state index in [9.17, 15) is 15.0 Å². The number of hydrogen-bond donors (Lipinski definition) is 3. The largest absolute Gasteiger partial charge is 0.394 e.